The second-order valence-corrected chi connectivity index (χ2v) is 8.85. The van der Waals surface area contributed by atoms with Gasteiger partial charge in [0.1, 0.15) is 11.7 Å². The molecule has 0 radical (unpaired) electrons. The fourth-order valence-corrected chi connectivity index (χ4v) is 4.62. The monoisotopic (exact) mass is 476 g/mol. The third-order valence-corrected chi connectivity index (χ3v) is 6.45. The number of hydrogen-bond donors (Lipinski definition) is 0. The van der Waals surface area contributed by atoms with E-state index in [1.807, 2.05) is 42.5 Å². The first kappa shape index (κ1) is 22.4. The molecular formula is C27H25ClN2O4. The van der Waals surface area contributed by atoms with Gasteiger partial charge in [-0.05, 0) is 60.5 Å². The highest BCUT2D eigenvalue weighted by Crippen LogP contribution is 2.47. The zero-order valence-electron chi connectivity index (χ0n) is 18.8. The van der Waals surface area contributed by atoms with Crippen LogP contribution in [0.2, 0.25) is 5.02 Å². The van der Waals surface area contributed by atoms with Crippen LogP contribution in [0.5, 0.6) is 5.75 Å². The second kappa shape index (κ2) is 9.49. The van der Waals surface area contributed by atoms with E-state index in [0.717, 1.165) is 24.1 Å². The summed E-state index contributed by atoms with van der Waals surface area (Å²) in [5.74, 6) is -0.628. The third kappa shape index (κ3) is 4.04. The quantitative estimate of drug-likeness (QED) is 0.329. The maximum atomic E-state index is 13.7. The fourth-order valence-electron chi connectivity index (χ4n) is 4.49. The molecule has 7 heteroatoms. The van der Waals surface area contributed by atoms with E-state index < -0.39 is 18.1 Å². The third-order valence-electron chi connectivity index (χ3n) is 6.20. The standard InChI is InChI=1S/C27H25ClN2O4/c1-2-3-17-33-22-15-13-20(14-16-22)29-26(31)23-24(18-9-11-19(28)12-10-18)30(34-25(23)27(29)32)21-7-5-4-6-8-21/h4-16,23-25H,2-3,17H2,1H3/t23-,24+,25-/m1/s1. The lowest BCUT2D eigenvalue weighted by Gasteiger charge is -2.28. The number of amides is 2. The van der Waals surface area contributed by atoms with Crippen LogP contribution in [0.3, 0.4) is 0 Å². The van der Waals surface area contributed by atoms with Crippen molar-refractivity contribution in [3.8, 4) is 5.75 Å². The average molecular weight is 477 g/mol. The number of halogens is 1. The summed E-state index contributed by atoms with van der Waals surface area (Å²) in [4.78, 5) is 34.5. The van der Waals surface area contributed by atoms with Crippen molar-refractivity contribution in [2.45, 2.75) is 31.9 Å². The molecular weight excluding hydrogens is 452 g/mol. The van der Waals surface area contributed by atoms with Gasteiger partial charge < -0.3 is 4.74 Å². The normalized spacial score (nSPS) is 21.8. The molecule has 2 saturated heterocycles. The molecule has 2 fully saturated rings. The van der Waals surface area contributed by atoms with Crippen LogP contribution >= 0.6 is 11.6 Å². The number of fused-ring (bicyclic) bond motifs is 1. The first-order chi connectivity index (χ1) is 16.6. The summed E-state index contributed by atoms with van der Waals surface area (Å²) >= 11 is 6.11. The first-order valence-electron chi connectivity index (χ1n) is 11.5. The molecule has 3 atom stereocenters. The Morgan fingerprint density at radius 2 is 1.59 bits per heavy atom. The summed E-state index contributed by atoms with van der Waals surface area (Å²) in [6.45, 7) is 2.74. The van der Waals surface area contributed by atoms with Gasteiger partial charge in [0.05, 0.1) is 24.0 Å². The van der Waals surface area contributed by atoms with E-state index in [1.54, 1.807) is 41.5 Å². The van der Waals surface area contributed by atoms with Crippen LogP contribution in [0.4, 0.5) is 11.4 Å². The molecule has 0 saturated carbocycles. The van der Waals surface area contributed by atoms with Crippen molar-refractivity contribution in [3.05, 3.63) is 89.4 Å². The number of carbonyl (C=O) groups excluding carboxylic acids is 2. The molecule has 0 aliphatic carbocycles. The van der Waals surface area contributed by atoms with Crippen LogP contribution in [-0.4, -0.2) is 24.5 Å². The van der Waals surface area contributed by atoms with Crippen molar-refractivity contribution in [1.82, 2.24) is 0 Å². The average Bonchev–Trinajstić information content (AvgIpc) is 3.37. The highest BCUT2D eigenvalue weighted by Gasteiger charge is 2.60. The summed E-state index contributed by atoms with van der Waals surface area (Å²) in [6.07, 6.45) is 1.11. The number of rotatable bonds is 7. The number of hydrogen-bond acceptors (Lipinski definition) is 5. The largest absolute Gasteiger partial charge is 0.494 e. The van der Waals surface area contributed by atoms with Crippen LogP contribution < -0.4 is 14.7 Å². The van der Waals surface area contributed by atoms with E-state index in [-0.39, 0.29) is 11.8 Å². The maximum absolute atomic E-state index is 13.7. The molecule has 34 heavy (non-hydrogen) atoms. The van der Waals surface area contributed by atoms with Crippen LogP contribution in [0.1, 0.15) is 31.4 Å². The SMILES string of the molecule is CCCCOc1ccc(N2C(=O)[C@H]3[C@@H](ON(c4ccccc4)[C@H]3c3ccc(Cl)cc3)C2=O)cc1. The van der Waals surface area contributed by atoms with Gasteiger partial charge in [-0.25, -0.2) is 9.96 Å². The van der Waals surface area contributed by atoms with Gasteiger partial charge >= 0.3 is 0 Å². The van der Waals surface area contributed by atoms with Gasteiger partial charge in [-0.3, -0.25) is 14.4 Å². The number of hydroxylamine groups is 1. The lowest BCUT2D eigenvalue weighted by Crippen LogP contribution is -2.37. The molecule has 5 rings (SSSR count). The van der Waals surface area contributed by atoms with Crippen LogP contribution in [0.15, 0.2) is 78.9 Å². The lowest BCUT2D eigenvalue weighted by molar-refractivity contribution is -0.126. The molecule has 3 aromatic carbocycles. The molecule has 2 aliphatic rings. The van der Waals surface area contributed by atoms with Crippen LogP contribution in [0.25, 0.3) is 0 Å². The van der Waals surface area contributed by atoms with Gasteiger partial charge in [-0.15, -0.1) is 0 Å². The van der Waals surface area contributed by atoms with E-state index >= 15 is 0 Å². The van der Waals surface area contributed by atoms with E-state index in [1.165, 1.54) is 4.90 Å². The molecule has 0 unspecified atom stereocenters. The Balaban J connectivity index is 1.46. The van der Waals surface area contributed by atoms with Gasteiger partial charge in [0.15, 0.2) is 6.10 Å². The molecule has 2 aliphatic heterocycles. The number of benzene rings is 3. The zero-order valence-corrected chi connectivity index (χ0v) is 19.5. The van der Waals surface area contributed by atoms with Gasteiger partial charge in [0.25, 0.3) is 5.91 Å². The summed E-state index contributed by atoms with van der Waals surface area (Å²) in [6, 6.07) is 23.4. The molecule has 6 nitrogen and oxygen atoms in total. The number of nitrogens with zero attached hydrogens (tertiary/aromatic N) is 2. The summed E-state index contributed by atoms with van der Waals surface area (Å²) in [7, 11) is 0. The Morgan fingerprint density at radius 1 is 0.882 bits per heavy atom. The summed E-state index contributed by atoms with van der Waals surface area (Å²) in [5, 5.41) is 2.28. The number of ether oxygens (including phenoxy) is 1. The highest BCUT2D eigenvalue weighted by molar-refractivity contribution is 6.30. The summed E-state index contributed by atoms with van der Waals surface area (Å²) in [5.41, 5.74) is 2.14. The number of unbranched alkanes of at least 4 members (excludes halogenated alkanes) is 1. The van der Waals surface area contributed by atoms with Crippen molar-refractivity contribution in [1.29, 1.82) is 0 Å². The van der Waals surface area contributed by atoms with Crippen molar-refractivity contribution in [2.75, 3.05) is 16.6 Å². The van der Waals surface area contributed by atoms with E-state index in [9.17, 15) is 9.59 Å². The number of anilines is 2. The molecule has 0 aromatic heterocycles. The van der Waals surface area contributed by atoms with Crippen LogP contribution in [-0.2, 0) is 14.4 Å². The smallest absolute Gasteiger partial charge is 0.266 e. The Kier molecular flexibility index (Phi) is 6.26. The van der Waals surface area contributed by atoms with Crippen LogP contribution in [0, 0.1) is 5.92 Å². The van der Waals surface area contributed by atoms with E-state index in [0.29, 0.717) is 23.1 Å². The molecule has 2 heterocycles. The zero-order chi connectivity index (χ0) is 23.7. The predicted molar refractivity (Wildman–Crippen MR) is 131 cm³/mol. The lowest BCUT2D eigenvalue weighted by atomic mass is 9.90. The van der Waals surface area contributed by atoms with Crippen molar-refractivity contribution < 1.29 is 19.2 Å². The number of imide groups is 1. The van der Waals surface area contributed by atoms with Gasteiger partial charge in [-0.1, -0.05) is 55.3 Å². The number of carbonyl (C=O) groups is 2. The topological polar surface area (TPSA) is 59.1 Å². The van der Waals surface area contributed by atoms with Gasteiger partial charge in [-0.2, -0.15) is 0 Å². The summed E-state index contributed by atoms with van der Waals surface area (Å²) < 4.78 is 5.71. The Labute approximate surface area is 203 Å². The molecule has 0 spiro atoms. The molecule has 174 valence electrons. The van der Waals surface area contributed by atoms with Crippen molar-refractivity contribution in [2.24, 2.45) is 5.92 Å². The molecule has 0 bridgehead atoms. The molecule has 2 amide bonds. The van der Waals surface area contributed by atoms with E-state index in [4.69, 9.17) is 21.2 Å². The Bertz CT molecular complexity index is 1170. The highest BCUT2D eigenvalue weighted by atomic mass is 35.5. The predicted octanol–water partition coefficient (Wildman–Crippen LogP) is 5.57. The maximum Gasteiger partial charge on any atom is 0.266 e. The Hall–Kier alpha value is -3.35. The van der Waals surface area contributed by atoms with E-state index in [2.05, 4.69) is 6.92 Å². The van der Waals surface area contributed by atoms with Gasteiger partial charge in [0, 0.05) is 5.02 Å². The molecule has 0 N–H and O–H groups in total. The molecule has 3 aromatic rings. The fraction of sp³-hybridized carbons (Fsp3) is 0.259. The van der Waals surface area contributed by atoms with Gasteiger partial charge in [0.2, 0.25) is 5.91 Å². The first-order valence-corrected chi connectivity index (χ1v) is 11.8. The minimum Gasteiger partial charge on any atom is -0.494 e. The number of para-hydroxylation sites is 1. The second-order valence-electron chi connectivity index (χ2n) is 8.42. The van der Waals surface area contributed by atoms with Crippen molar-refractivity contribution >= 4 is 34.8 Å². The minimum atomic E-state index is -0.908. The minimum absolute atomic E-state index is 0.284. The van der Waals surface area contributed by atoms with Crippen molar-refractivity contribution in [3.63, 3.8) is 0 Å². The Morgan fingerprint density at radius 3 is 2.26 bits per heavy atom.